The Morgan fingerprint density at radius 3 is 2.65 bits per heavy atom. The predicted octanol–water partition coefficient (Wildman–Crippen LogP) is 1.14. The van der Waals surface area contributed by atoms with Crippen LogP contribution in [0.15, 0.2) is 30.3 Å². The lowest BCUT2D eigenvalue weighted by Gasteiger charge is -2.20. The van der Waals surface area contributed by atoms with Gasteiger partial charge in [-0.2, -0.15) is 0 Å². The molecule has 0 radical (unpaired) electrons. The van der Waals surface area contributed by atoms with Gasteiger partial charge in [-0.3, -0.25) is 14.3 Å². The molecule has 110 valence electrons. The van der Waals surface area contributed by atoms with Gasteiger partial charge in [-0.05, 0) is 18.9 Å². The Hall–Kier alpha value is -1.20. The average Bonchev–Trinajstić information content (AvgIpc) is 2.72. The lowest BCUT2D eigenvalue weighted by molar-refractivity contribution is -0.129. The van der Waals surface area contributed by atoms with Gasteiger partial charge in [0.1, 0.15) is 0 Å². The molecule has 1 aromatic carbocycles. The van der Waals surface area contributed by atoms with Crippen LogP contribution in [-0.2, 0) is 22.0 Å². The van der Waals surface area contributed by atoms with Crippen LogP contribution in [0.3, 0.4) is 0 Å². The Kier molecular flexibility index (Phi) is 5.31. The molecule has 2 rings (SSSR count). The second-order valence-electron chi connectivity index (χ2n) is 5.05. The van der Waals surface area contributed by atoms with Crippen LogP contribution in [0.1, 0.15) is 19.4 Å². The predicted molar refractivity (Wildman–Crippen MR) is 81.8 cm³/mol. The normalized spacial score (nSPS) is 24.1. The maximum atomic E-state index is 12.4. The van der Waals surface area contributed by atoms with Gasteiger partial charge < -0.3 is 4.90 Å². The first kappa shape index (κ1) is 15.2. The van der Waals surface area contributed by atoms with Gasteiger partial charge in [0, 0.05) is 28.9 Å². The molecule has 0 aliphatic carbocycles. The lowest BCUT2D eigenvalue weighted by atomic mass is 10.1. The first-order chi connectivity index (χ1) is 9.61. The third-order valence-corrected chi connectivity index (χ3v) is 4.94. The molecule has 20 heavy (non-hydrogen) atoms. The van der Waals surface area contributed by atoms with Crippen molar-refractivity contribution in [1.29, 1.82) is 0 Å². The van der Waals surface area contributed by atoms with E-state index in [-0.39, 0.29) is 18.1 Å². The molecule has 1 aliphatic rings. The summed E-state index contributed by atoms with van der Waals surface area (Å²) in [5.74, 6) is 1.33. The molecule has 1 aliphatic heterocycles. The van der Waals surface area contributed by atoms with Crippen molar-refractivity contribution < 1.29 is 9.00 Å². The quantitative estimate of drug-likeness (QED) is 0.856. The van der Waals surface area contributed by atoms with Gasteiger partial charge in [-0.15, -0.1) is 0 Å². The van der Waals surface area contributed by atoms with Crippen molar-refractivity contribution in [2.45, 2.75) is 32.5 Å². The van der Waals surface area contributed by atoms with Crippen LogP contribution in [0.4, 0.5) is 0 Å². The molecule has 1 heterocycles. The Balaban J connectivity index is 1.94. The number of carbonyl (C=O) groups is 1. The number of rotatable bonds is 6. The van der Waals surface area contributed by atoms with Gasteiger partial charge in [0.05, 0.1) is 12.2 Å². The molecule has 1 aromatic rings. The molecule has 1 N–H and O–H groups in total. The number of nitrogens with one attached hydrogen (secondary N) is 1. The molecular formula is C15H22N2O2S. The summed E-state index contributed by atoms with van der Waals surface area (Å²) in [4.78, 5) is 14.2. The molecule has 0 saturated carbocycles. The molecule has 3 unspecified atom stereocenters. The van der Waals surface area contributed by atoms with Crippen molar-refractivity contribution in [3.8, 4) is 0 Å². The lowest BCUT2D eigenvalue weighted by Crippen LogP contribution is -2.37. The molecule has 0 bridgehead atoms. The highest BCUT2D eigenvalue weighted by atomic mass is 32.2. The minimum absolute atomic E-state index is 0.0186. The van der Waals surface area contributed by atoms with Crippen LogP contribution in [0.5, 0.6) is 0 Å². The van der Waals surface area contributed by atoms with Crippen molar-refractivity contribution in [2.24, 2.45) is 0 Å². The highest BCUT2D eigenvalue weighted by Gasteiger charge is 2.35. The minimum Gasteiger partial charge on any atom is -0.325 e. The number of benzene rings is 1. The van der Waals surface area contributed by atoms with Crippen molar-refractivity contribution in [2.75, 3.05) is 18.1 Å². The van der Waals surface area contributed by atoms with E-state index in [2.05, 4.69) is 5.32 Å². The van der Waals surface area contributed by atoms with Crippen LogP contribution >= 0.6 is 0 Å². The molecule has 1 fully saturated rings. The van der Waals surface area contributed by atoms with E-state index in [9.17, 15) is 9.00 Å². The summed E-state index contributed by atoms with van der Waals surface area (Å²) in [6.07, 6.45) is 0.724. The van der Waals surface area contributed by atoms with Crippen LogP contribution in [0.25, 0.3) is 0 Å². The van der Waals surface area contributed by atoms with E-state index in [0.717, 1.165) is 5.56 Å². The maximum absolute atomic E-state index is 12.4. The van der Waals surface area contributed by atoms with E-state index >= 15 is 0 Å². The van der Waals surface area contributed by atoms with E-state index in [1.165, 1.54) is 0 Å². The van der Waals surface area contributed by atoms with E-state index in [0.29, 0.717) is 24.5 Å². The summed E-state index contributed by atoms with van der Waals surface area (Å²) >= 11 is 0. The first-order valence-corrected chi connectivity index (χ1v) is 8.56. The summed E-state index contributed by atoms with van der Waals surface area (Å²) in [6, 6.07) is 9.86. The Morgan fingerprint density at radius 1 is 1.30 bits per heavy atom. The molecule has 3 atom stereocenters. The summed E-state index contributed by atoms with van der Waals surface area (Å²) in [5, 5.41) is 3.32. The second kappa shape index (κ2) is 6.99. The van der Waals surface area contributed by atoms with Gasteiger partial charge in [0.2, 0.25) is 5.91 Å². The number of hydrogen-bond acceptors (Lipinski definition) is 3. The van der Waals surface area contributed by atoms with Crippen molar-refractivity contribution >= 4 is 16.7 Å². The fraction of sp³-hybridized carbons (Fsp3) is 0.533. The fourth-order valence-corrected chi connectivity index (χ4v) is 3.18. The van der Waals surface area contributed by atoms with Gasteiger partial charge >= 0.3 is 0 Å². The smallest absolute Gasteiger partial charge is 0.241 e. The monoisotopic (exact) mass is 294 g/mol. The molecule has 0 aromatic heterocycles. The zero-order chi connectivity index (χ0) is 14.5. The Bertz CT molecular complexity index is 478. The summed E-state index contributed by atoms with van der Waals surface area (Å²) in [7, 11) is -0.824. The molecular weight excluding hydrogens is 272 g/mol. The van der Waals surface area contributed by atoms with Crippen LogP contribution < -0.4 is 5.32 Å². The molecule has 5 heteroatoms. The van der Waals surface area contributed by atoms with Gasteiger partial charge in [0.15, 0.2) is 0 Å². The topological polar surface area (TPSA) is 49.4 Å². The fourth-order valence-electron chi connectivity index (χ4n) is 2.49. The SMILES string of the molecule is CCS(=O)CCN1C(=O)C(Cc2ccccc2)NC1C. The highest BCUT2D eigenvalue weighted by molar-refractivity contribution is 7.84. The van der Waals surface area contributed by atoms with E-state index in [1.54, 1.807) is 4.90 Å². The first-order valence-electron chi connectivity index (χ1n) is 7.07. The largest absolute Gasteiger partial charge is 0.325 e. The van der Waals surface area contributed by atoms with E-state index in [1.807, 2.05) is 44.2 Å². The molecule has 1 amide bonds. The van der Waals surface area contributed by atoms with Gasteiger partial charge in [-0.1, -0.05) is 37.3 Å². The zero-order valence-electron chi connectivity index (χ0n) is 12.0. The number of hydrogen-bond donors (Lipinski definition) is 1. The van der Waals surface area contributed by atoms with Crippen LogP contribution in [0, 0.1) is 0 Å². The van der Waals surface area contributed by atoms with E-state index in [4.69, 9.17) is 0 Å². The van der Waals surface area contributed by atoms with Gasteiger partial charge in [0.25, 0.3) is 0 Å². The summed E-state index contributed by atoms with van der Waals surface area (Å²) < 4.78 is 11.5. The Labute approximate surface area is 123 Å². The summed E-state index contributed by atoms with van der Waals surface area (Å²) in [5.41, 5.74) is 1.16. The van der Waals surface area contributed by atoms with Crippen LogP contribution in [0.2, 0.25) is 0 Å². The maximum Gasteiger partial charge on any atom is 0.241 e. The molecule has 1 saturated heterocycles. The highest BCUT2D eigenvalue weighted by Crippen LogP contribution is 2.14. The zero-order valence-corrected chi connectivity index (χ0v) is 12.9. The van der Waals surface area contributed by atoms with Crippen molar-refractivity contribution in [3.05, 3.63) is 35.9 Å². The van der Waals surface area contributed by atoms with Gasteiger partial charge in [-0.25, -0.2) is 0 Å². The average molecular weight is 294 g/mol. The third-order valence-electron chi connectivity index (χ3n) is 3.66. The second-order valence-corrected chi connectivity index (χ2v) is 6.91. The van der Waals surface area contributed by atoms with Crippen molar-refractivity contribution in [3.63, 3.8) is 0 Å². The Morgan fingerprint density at radius 2 is 2.00 bits per heavy atom. The third kappa shape index (κ3) is 3.67. The number of amides is 1. The van der Waals surface area contributed by atoms with Crippen molar-refractivity contribution in [1.82, 2.24) is 10.2 Å². The van der Waals surface area contributed by atoms with E-state index < -0.39 is 10.8 Å². The minimum atomic E-state index is -0.824. The number of nitrogens with zero attached hydrogens (tertiary/aromatic N) is 1. The number of carbonyl (C=O) groups excluding carboxylic acids is 1. The molecule has 0 spiro atoms. The standard InChI is InChI=1S/C15H22N2O2S/c1-3-20(19)10-9-17-12(2)16-14(15(17)18)11-13-7-5-4-6-8-13/h4-8,12,14,16H,3,9-11H2,1-2H3. The molecule has 4 nitrogen and oxygen atoms in total. The summed E-state index contributed by atoms with van der Waals surface area (Å²) in [6.45, 7) is 4.46. The van der Waals surface area contributed by atoms with Crippen LogP contribution in [-0.4, -0.2) is 45.3 Å².